The van der Waals surface area contributed by atoms with E-state index >= 15 is 0 Å². The Morgan fingerprint density at radius 2 is 1.80 bits per heavy atom. The first-order chi connectivity index (χ1) is 11.9. The van der Waals surface area contributed by atoms with E-state index in [4.69, 9.17) is 5.73 Å². The number of Topliss-reactive ketones (excluding diaryl/α,β-unsaturated/α-hetero) is 1. The molecule has 2 rings (SSSR count). The zero-order valence-corrected chi connectivity index (χ0v) is 14.9. The molecule has 1 fully saturated rings. The third kappa shape index (κ3) is 4.81. The van der Waals surface area contributed by atoms with Gasteiger partial charge in [0.1, 0.15) is 6.04 Å². The number of nitrogens with zero attached hydrogens (tertiary/aromatic N) is 1. The minimum absolute atomic E-state index is 0.00340. The molecule has 1 aromatic carbocycles. The molecular formula is C19H27N3O3. The van der Waals surface area contributed by atoms with Gasteiger partial charge >= 0.3 is 6.03 Å². The average Bonchev–Trinajstić information content (AvgIpc) is 2.65. The molecule has 1 saturated heterocycles. The summed E-state index contributed by atoms with van der Waals surface area (Å²) in [6.07, 6.45) is 2.05. The van der Waals surface area contributed by atoms with E-state index in [1.54, 1.807) is 4.90 Å². The third-order valence-electron chi connectivity index (χ3n) is 5.01. The number of rotatable bonds is 6. The highest BCUT2D eigenvalue weighted by Gasteiger charge is 2.33. The van der Waals surface area contributed by atoms with E-state index in [9.17, 15) is 14.4 Å². The molecule has 3 N–H and O–H groups in total. The minimum atomic E-state index is -0.687. The summed E-state index contributed by atoms with van der Waals surface area (Å²) < 4.78 is 0. The molecule has 2 atom stereocenters. The van der Waals surface area contributed by atoms with Crippen LogP contribution in [0.25, 0.3) is 0 Å². The Morgan fingerprint density at radius 3 is 2.32 bits per heavy atom. The number of urea groups is 1. The van der Waals surface area contributed by atoms with Crippen molar-refractivity contribution in [2.45, 2.75) is 39.2 Å². The Hall–Kier alpha value is -2.37. The van der Waals surface area contributed by atoms with Gasteiger partial charge in [-0.1, -0.05) is 50.6 Å². The quantitative estimate of drug-likeness (QED) is 0.774. The SMILES string of the molecule is CC[C@H](C)[C@@H](NC(N)=O)C(=O)N1CCC(C(=O)c2ccccc2)CC1. The smallest absolute Gasteiger partial charge is 0.312 e. The van der Waals surface area contributed by atoms with Crippen LogP contribution in [-0.4, -0.2) is 41.8 Å². The van der Waals surface area contributed by atoms with Gasteiger partial charge in [0.15, 0.2) is 5.78 Å². The molecule has 25 heavy (non-hydrogen) atoms. The highest BCUT2D eigenvalue weighted by Crippen LogP contribution is 2.23. The number of piperidine rings is 1. The molecule has 0 unspecified atom stereocenters. The summed E-state index contributed by atoms with van der Waals surface area (Å²) in [7, 11) is 0. The number of nitrogens with one attached hydrogen (secondary N) is 1. The Balaban J connectivity index is 1.97. The lowest BCUT2D eigenvalue weighted by molar-refractivity contribution is -0.135. The van der Waals surface area contributed by atoms with E-state index in [0.717, 1.165) is 12.0 Å². The van der Waals surface area contributed by atoms with Gasteiger partial charge in [-0.15, -0.1) is 0 Å². The Kier molecular flexibility index (Phi) is 6.56. The molecule has 0 aliphatic carbocycles. The molecule has 1 aliphatic rings. The Bertz CT molecular complexity index is 610. The summed E-state index contributed by atoms with van der Waals surface area (Å²) in [5, 5.41) is 2.57. The van der Waals surface area contributed by atoms with Crippen LogP contribution in [0.1, 0.15) is 43.5 Å². The van der Waals surface area contributed by atoms with Crippen LogP contribution in [0.4, 0.5) is 4.79 Å². The van der Waals surface area contributed by atoms with Crippen LogP contribution in [0.3, 0.4) is 0 Å². The third-order valence-corrected chi connectivity index (χ3v) is 5.01. The number of carbonyl (C=O) groups excluding carboxylic acids is 3. The lowest BCUT2D eigenvalue weighted by Crippen LogP contribution is -2.54. The summed E-state index contributed by atoms with van der Waals surface area (Å²) in [5.74, 6) is -0.0264. The molecule has 136 valence electrons. The number of benzene rings is 1. The first-order valence-corrected chi connectivity index (χ1v) is 8.88. The van der Waals surface area contributed by atoms with Crippen molar-refractivity contribution >= 4 is 17.7 Å². The predicted molar refractivity (Wildman–Crippen MR) is 96.0 cm³/mol. The molecule has 0 aromatic heterocycles. The van der Waals surface area contributed by atoms with E-state index < -0.39 is 12.1 Å². The van der Waals surface area contributed by atoms with Crippen molar-refractivity contribution in [3.05, 3.63) is 35.9 Å². The fraction of sp³-hybridized carbons (Fsp3) is 0.526. The zero-order chi connectivity index (χ0) is 18.4. The standard InChI is InChI=1S/C19H27N3O3/c1-3-13(2)16(21-19(20)25)18(24)22-11-9-15(10-12-22)17(23)14-7-5-4-6-8-14/h4-8,13,15-16H,3,9-12H2,1-2H3,(H3,20,21,25)/t13-,16+/m0/s1. The van der Waals surface area contributed by atoms with Gasteiger partial charge in [0, 0.05) is 24.6 Å². The maximum atomic E-state index is 12.8. The average molecular weight is 345 g/mol. The first-order valence-electron chi connectivity index (χ1n) is 8.88. The topological polar surface area (TPSA) is 92.5 Å². The summed E-state index contributed by atoms with van der Waals surface area (Å²) in [5.41, 5.74) is 5.94. The lowest BCUT2D eigenvalue weighted by atomic mass is 9.88. The number of hydrogen-bond acceptors (Lipinski definition) is 3. The number of carbonyl (C=O) groups is 3. The number of hydrogen-bond donors (Lipinski definition) is 2. The molecular weight excluding hydrogens is 318 g/mol. The molecule has 3 amide bonds. The van der Waals surface area contributed by atoms with Gasteiger partial charge in [0.25, 0.3) is 0 Å². The van der Waals surface area contributed by atoms with Gasteiger partial charge in [-0.05, 0) is 18.8 Å². The Labute approximate surface area is 148 Å². The van der Waals surface area contributed by atoms with Gasteiger partial charge in [-0.3, -0.25) is 9.59 Å². The number of likely N-dealkylation sites (tertiary alicyclic amines) is 1. The van der Waals surface area contributed by atoms with Crippen LogP contribution >= 0.6 is 0 Å². The largest absolute Gasteiger partial charge is 0.352 e. The van der Waals surface area contributed by atoms with Crippen LogP contribution in [0.2, 0.25) is 0 Å². The summed E-state index contributed by atoms with van der Waals surface area (Å²) in [6.45, 7) is 4.94. The van der Waals surface area contributed by atoms with E-state index in [1.807, 2.05) is 44.2 Å². The molecule has 0 spiro atoms. The second-order valence-corrected chi connectivity index (χ2v) is 6.70. The molecule has 1 heterocycles. The fourth-order valence-electron chi connectivity index (χ4n) is 3.23. The van der Waals surface area contributed by atoms with Crippen molar-refractivity contribution < 1.29 is 14.4 Å². The number of ketones is 1. The van der Waals surface area contributed by atoms with Crippen LogP contribution in [0.5, 0.6) is 0 Å². The minimum Gasteiger partial charge on any atom is -0.352 e. The van der Waals surface area contributed by atoms with Gasteiger partial charge < -0.3 is 16.0 Å². The molecule has 1 aromatic rings. The van der Waals surface area contributed by atoms with Gasteiger partial charge in [-0.25, -0.2) is 4.79 Å². The summed E-state index contributed by atoms with van der Waals surface area (Å²) in [6, 6.07) is 7.97. The molecule has 6 heteroatoms. The second kappa shape index (κ2) is 8.65. The van der Waals surface area contributed by atoms with Gasteiger partial charge in [0.2, 0.25) is 5.91 Å². The highest BCUT2D eigenvalue weighted by molar-refractivity contribution is 5.98. The van der Waals surface area contributed by atoms with Crippen molar-refractivity contribution in [2.24, 2.45) is 17.6 Å². The van der Waals surface area contributed by atoms with Crippen LogP contribution in [0, 0.1) is 11.8 Å². The Morgan fingerprint density at radius 1 is 1.20 bits per heavy atom. The number of amides is 3. The van der Waals surface area contributed by atoms with Crippen LogP contribution in [0.15, 0.2) is 30.3 Å². The van der Waals surface area contributed by atoms with E-state index in [0.29, 0.717) is 25.9 Å². The number of nitrogens with two attached hydrogens (primary N) is 1. The highest BCUT2D eigenvalue weighted by atomic mass is 16.2. The molecule has 0 radical (unpaired) electrons. The van der Waals surface area contributed by atoms with Gasteiger partial charge in [0.05, 0.1) is 0 Å². The van der Waals surface area contributed by atoms with E-state index in [-0.39, 0.29) is 23.5 Å². The molecule has 0 saturated carbocycles. The number of primary amides is 1. The van der Waals surface area contributed by atoms with E-state index in [2.05, 4.69) is 5.32 Å². The van der Waals surface area contributed by atoms with Crippen molar-refractivity contribution in [3.63, 3.8) is 0 Å². The molecule has 1 aliphatic heterocycles. The van der Waals surface area contributed by atoms with Crippen molar-refractivity contribution in [1.29, 1.82) is 0 Å². The maximum Gasteiger partial charge on any atom is 0.312 e. The maximum absolute atomic E-state index is 12.8. The van der Waals surface area contributed by atoms with Gasteiger partial charge in [-0.2, -0.15) is 0 Å². The zero-order valence-electron chi connectivity index (χ0n) is 14.9. The summed E-state index contributed by atoms with van der Waals surface area (Å²) in [4.78, 5) is 38.2. The van der Waals surface area contributed by atoms with Crippen molar-refractivity contribution in [1.82, 2.24) is 10.2 Å². The monoisotopic (exact) mass is 345 g/mol. The summed E-state index contributed by atoms with van der Waals surface area (Å²) >= 11 is 0. The van der Waals surface area contributed by atoms with Crippen LogP contribution in [-0.2, 0) is 4.79 Å². The molecule has 6 nitrogen and oxygen atoms in total. The fourth-order valence-corrected chi connectivity index (χ4v) is 3.23. The normalized spacial score (nSPS) is 17.6. The van der Waals surface area contributed by atoms with E-state index in [1.165, 1.54) is 0 Å². The predicted octanol–water partition coefficient (Wildman–Crippen LogP) is 2.19. The van der Waals surface area contributed by atoms with Crippen molar-refractivity contribution in [3.8, 4) is 0 Å². The van der Waals surface area contributed by atoms with Crippen LogP contribution < -0.4 is 11.1 Å². The van der Waals surface area contributed by atoms with Crippen molar-refractivity contribution in [2.75, 3.05) is 13.1 Å². The second-order valence-electron chi connectivity index (χ2n) is 6.70. The lowest BCUT2D eigenvalue weighted by Gasteiger charge is -2.35. The molecule has 0 bridgehead atoms. The first kappa shape index (κ1) is 19.0.